The van der Waals surface area contributed by atoms with E-state index in [2.05, 4.69) is 41.3 Å². The first-order valence-electron chi connectivity index (χ1n) is 18.3. The average molecular weight is 750 g/mol. The molecule has 5 aromatic carbocycles. The SMILES string of the molecule is OC[C@H]1O[C@@H](c2ccc(-c3ccc([C@@H]4[C@@H](CCC[C@@H](O)c5ccc(F)cc5)CC(=S)N4c4ccc(-c5ccccc5)cc4)c(O)c3)cc2)[C@H](O)[C@@H](O)[C@@H]1O. The molecule has 2 saturated heterocycles. The Morgan fingerprint density at radius 3 is 2.06 bits per heavy atom. The predicted octanol–water partition coefficient (Wildman–Crippen LogP) is 7.18. The van der Waals surface area contributed by atoms with E-state index >= 15 is 0 Å². The summed E-state index contributed by atoms with van der Waals surface area (Å²) in [5, 5.41) is 63.2. The number of phenolic OH excluding ortho intramolecular Hbond substituents is 1. The lowest BCUT2D eigenvalue weighted by atomic mass is 9.87. The second kappa shape index (κ2) is 16.5. The van der Waals surface area contributed by atoms with Crippen LogP contribution in [-0.4, -0.2) is 66.7 Å². The molecule has 0 aliphatic carbocycles. The van der Waals surface area contributed by atoms with Gasteiger partial charge in [-0.1, -0.05) is 110 Å². The molecule has 10 heteroatoms. The normalized spacial score (nSPS) is 24.8. The Bertz CT molecular complexity index is 2030. The van der Waals surface area contributed by atoms with E-state index in [0.717, 1.165) is 44.9 Å². The highest BCUT2D eigenvalue weighted by Crippen LogP contribution is 2.48. The van der Waals surface area contributed by atoms with E-state index in [1.807, 2.05) is 42.5 Å². The number of aromatic hydroxyl groups is 1. The predicted molar refractivity (Wildman–Crippen MR) is 209 cm³/mol. The van der Waals surface area contributed by atoms with Crippen molar-refractivity contribution >= 4 is 22.9 Å². The first-order valence-corrected chi connectivity index (χ1v) is 18.7. The molecule has 2 aliphatic rings. The lowest BCUT2D eigenvalue weighted by molar-refractivity contribution is -0.231. The van der Waals surface area contributed by atoms with Crippen molar-refractivity contribution in [2.24, 2.45) is 5.92 Å². The molecule has 0 unspecified atom stereocenters. The van der Waals surface area contributed by atoms with Crippen LogP contribution in [0.5, 0.6) is 5.75 Å². The Hall–Kier alpha value is -4.52. The van der Waals surface area contributed by atoms with Crippen LogP contribution >= 0.6 is 12.2 Å². The Balaban J connectivity index is 1.14. The lowest BCUT2D eigenvalue weighted by Crippen LogP contribution is -2.55. The second-order valence-corrected chi connectivity index (χ2v) is 14.7. The van der Waals surface area contributed by atoms with Crippen LogP contribution in [0.4, 0.5) is 10.1 Å². The molecule has 7 rings (SSSR count). The first kappa shape index (κ1) is 37.8. The molecule has 54 heavy (non-hydrogen) atoms. The fraction of sp³-hybridized carbons (Fsp3) is 0.295. The van der Waals surface area contributed by atoms with E-state index in [-0.39, 0.29) is 23.5 Å². The lowest BCUT2D eigenvalue weighted by Gasteiger charge is -2.40. The van der Waals surface area contributed by atoms with Crippen LogP contribution in [-0.2, 0) is 4.74 Å². The molecule has 8 nitrogen and oxygen atoms in total. The molecule has 2 fully saturated rings. The summed E-state index contributed by atoms with van der Waals surface area (Å²) in [7, 11) is 0. The number of anilines is 1. The number of aliphatic hydroxyl groups is 5. The minimum absolute atomic E-state index is 0.0429. The van der Waals surface area contributed by atoms with Crippen LogP contribution in [0.15, 0.2) is 121 Å². The van der Waals surface area contributed by atoms with Crippen molar-refractivity contribution in [1.29, 1.82) is 0 Å². The number of rotatable bonds is 11. The number of halogens is 1. The van der Waals surface area contributed by atoms with Crippen molar-refractivity contribution < 1.29 is 39.8 Å². The minimum atomic E-state index is -1.47. The van der Waals surface area contributed by atoms with Gasteiger partial charge in [0.25, 0.3) is 0 Å². The van der Waals surface area contributed by atoms with Gasteiger partial charge < -0.3 is 40.3 Å². The third-order valence-corrected chi connectivity index (χ3v) is 11.2. The van der Waals surface area contributed by atoms with Crippen molar-refractivity contribution in [3.05, 3.63) is 144 Å². The van der Waals surface area contributed by atoms with Crippen LogP contribution in [0, 0.1) is 11.7 Å². The van der Waals surface area contributed by atoms with E-state index in [4.69, 9.17) is 17.0 Å². The van der Waals surface area contributed by atoms with Crippen LogP contribution in [0.1, 0.15) is 60.6 Å². The van der Waals surface area contributed by atoms with Gasteiger partial charge in [-0.25, -0.2) is 4.39 Å². The highest BCUT2D eigenvalue weighted by atomic mass is 32.1. The van der Waals surface area contributed by atoms with E-state index < -0.39 is 43.2 Å². The monoisotopic (exact) mass is 749 g/mol. The molecule has 2 aliphatic heterocycles. The molecule has 280 valence electrons. The number of ether oxygens (including phenoxy) is 1. The standard InChI is InChI=1S/C44H44FNO7S/c45-33-18-13-29(14-19-33)36(48)8-4-7-32-24-39(54)46(34-20-15-27(16-21-34)26-5-2-1-3-6-26)40(32)35-22-17-31(23-37(35)49)28-9-11-30(12-10-28)44-43(52)42(51)41(50)38(25-47)53-44/h1-3,5-6,9-23,32,36,38,40-44,47-52H,4,7-8,24-25H2/t32-,36+,38+,40-,41+,42-,43+,44-/m0/s1. The molecule has 0 amide bonds. The maximum atomic E-state index is 13.5. The fourth-order valence-corrected chi connectivity index (χ4v) is 8.28. The number of hydrogen-bond acceptors (Lipinski definition) is 8. The quantitative estimate of drug-likeness (QED) is 0.0778. The van der Waals surface area contributed by atoms with Crippen LogP contribution in [0.25, 0.3) is 22.3 Å². The van der Waals surface area contributed by atoms with Crippen LogP contribution in [0.2, 0.25) is 0 Å². The van der Waals surface area contributed by atoms with Crippen LogP contribution in [0.3, 0.4) is 0 Å². The van der Waals surface area contributed by atoms with Gasteiger partial charge in [0.2, 0.25) is 0 Å². The van der Waals surface area contributed by atoms with Crippen molar-refractivity contribution in [3.8, 4) is 28.0 Å². The zero-order valence-electron chi connectivity index (χ0n) is 29.5. The van der Waals surface area contributed by atoms with Crippen molar-refractivity contribution in [3.63, 3.8) is 0 Å². The molecule has 5 aromatic rings. The Morgan fingerprint density at radius 1 is 0.759 bits per heavy atom. The van der Waals surface area contributed by atoms with Gasteiger partial charge in [-0.05, 0) is 82.5 Å². The molecule has 0 aromatic heterocycles. The molecule has 2 heterocycles. The number of thiocarbonyl (C=S) groups is 1. The second-order valence-electron chi connectivity index (χ2n) is 14.2. The van der Waals surface area contributed by atoms with Gasteiger partial charge in [-0.3, -0.25) is 0 Å². The highest BCUT2D eigenvalue weighted by molar-refractivity contribution is 7.80. The Morgan fingerprint density at radius 2 is 1.39 bits per heavy atom. The van der Waals surface area contributed by atoms with E-state index in [1.54, 1.807) is 30.3 Å². The van der Waals surface area contributed by atoms with Gasteiger partial charge in [0.05, 0.1) is 23.7 Å². The molecular weight excluding hydrogens is 706 g/mol. The summed E-state index contributed by atoms with van der Waals surface area (Å²) in [4.78, 5) is 2.90. The summed E-state index contributed by atoms with van der Waals surface area (Å²) < 4.78 is 19.2. The molecule has 8 atom stereocenters. The van der Waals surface area contributed by atoms with Gasteiger partial charge in [-0.2, -0.15) is 0 Å². The third-order valence-electron chi connectivity index (χ3n) is 10.8. The first-order chi connectivity index (χ1) is 26.1. The van der Waals surface area contributed by atoms with Gasteiger partial charge in [0.1, 0.15) is 42.1 Å². The third kappa shape index (κ3) is 7.83. The van der Waals surface area contributed by atoms with E-state index in [0.29, 0.717) is 30.4 Å². The molecular formula is C44H44FNO7S. The summed E-state index contributed by atoms with van der Waals surface area (Å²) in [5.41, 5.74) is 6.63. The smallest absolute Gasteiger partial charge is 0.123 e. The molecule has 0 radical (unpaired) electrons. The maximum Gasteiger partial charge on any atom is 0.123 e. The average Bonchev–Trinajstić information content (AvgIpc) is 3.52. The summed E-state index contributed by atoms with van der Waals surface area (Å²) in [6, 6.07) is 36.8. The molecule has 0 spiro atoms. The number of benzene rings is 5. The number of phenols is 1. The van der Waals surface area contributed by atoms with Gasteiger partial charge in [0, 0.05) is 17.7 Å². The van der Waals surface area contributed by atoms with Gasteiger partial charge in [0.15, 0.2) is 0 Å². The van der Waals surface area contributed by atoms with Gasteiger partial charge in [-0.15, -0.1) is 0 Å². The summed E-state index contributed by atoms with van der Waals surface area (Å²) >= 11 is 6.03. The molecule has 0 bridgehead atoms. The number of aliphatic hydroxyl groups excluding tert-OH is 5. The minimum Gasteiger partial charge on any atom is -0.508 e. The zero-order chi connectivity index (χ0) is 37.9. The molecule has 6 N–H and O–H groups in total. The van der Waals surface area contributed by atoms with Crippen LogP contribution < -0.4 is 4.90 Å². The fourth-order valence-electron chi connectivity index (χ4n) is 7.84. The highest BCUT2D eigenvalue weighted by Gasteiger charge is 2.44. The number of hydrogen-bond donors (Lipinski definition) is 6. The van der Waals surface area contributed by atoms with Gasteiger partial charge >= 0.3 is 0 Å². The summed E-state index contributed by atoms with van der Waals surface area (Å²) in [5.74, 6) is -0.190. The van der Waals surface area contributed by atoms with Crippen molar-refractivity contribution in [1.82, 2.24) is 0 Å². The van der Waals surface area contributed by atoms with E-state index in [1.165, 1.54) is 12.1 Å². The number of nitrogens with zero attached hydrogens (tertiary/aromatic N) is 1. The zero-order valence-corrected chi connectivity index (χ0v) is 30.3. The Labute approximate surface area is 319 Å². The topological polar surface area (TPSA) is 134 Å². The van der Waals surface area contributed by atoms with Crippen molar-refractivity contribution in [2.45, 2.75) is 68.3 Å². The Kier molecular flexibility index (Phi) is 11.5. The summed E-state index contributed by atoms with van der Waals surface area (Å²) in [6.07, 6.45) is -4.41. The van der Waals surface area contributed by atoms with E-state index in [9.17, 15) is 35.0 Å². The molecule has 0 saturated carbocycles. The summed E-state index contributed by atoms with van der Waals surface area (Å²) in [6.45, 7) is -0.508. The largest absolute Gasteiger partial charge is 0.508 e. The maximum absolute atomic E-state index is 13.5. The van der Waals surface area contributed by atoms with Crippen molar-refractivity contribution in [2.75, 3.05) is 11.5 Å².